The summed E-state index contributed by atoms with van der Waals surface area (Å²) < 4.78 is 7.53. The fraction of sp³-hybridized carbons (Fsp3) is 0.520. The molecule has 3 aromatic rings. The van der Waals surface area contributed by atoms with E-state index >= 15 is 0 Å². The number of anilines is 2. The van der Waals surface area contributed by atoms with Gasteiger partial charge in [-0.05, 0) is 49.4 Å². The Labute approximate surface area is 204 Å². The lowest BCUT2D eigenvalue weighted by molar-refractivity contribution is -0.129. The smallest absolute Gasteiger partial charge is 0.229 e. The van der Waals surface area contributed by atoms with Crippen LogP contribution in [0.4, 0.5) is 11.6 Å². The highest BCUT2D eigenvalue weighted by Crippen LogP contribution is 2.33. The summed E-state index contributed by atoms with van der Waals surface area (Å²) in [6.45, 7) is 7.20. The Morgan fingerprint density at radius 3 is 2.91 bits per heavy atom. The number of hydrogen-bond acceptors (Lipinski definition) is 8. The van der Waals surface area contributed by atoms with Gasteiger partial charge in [0, 0.05) is 39.3 Å². The Morgan fingerprint density at radius 1 is 1.29 bits per heavy atom. The number of nitrogens with zero attached hydrogens (tertiary/aromatic N) is 6. The van der Waals surface area contributed by atoms with Crippen LogP contribution in [0.15, 0.2) is 24.5 Å². The Kier molecular flexibility index (Phi) is 6.57. The van der Waals surface area contributed by atoms with Crippen molar-refractivity contribution in [2.45, 2.75) is 58.3 Å². The molecule has 2 aliphatic heterocycles. The molecule has 2 atom stereocenters. The summed E-state index contributed by atoms with van der Waals surface area (Å²) in [5.41, 5.74) is 4.00. The van der Waals surface area contributed by atoms with Gasteiger partial charge in [-0.3, -0.25) is 9.69 Å². The van der Waals surface area contributed by atoms with Crippen LogP contribution in [0, 0.1) is 0 Å². The third-order valence-corrected chi connectivity index (χ3v) is 6.92. The van der Waals surface area contributed by atoms with Gasteiger partial charge in [-0.15, -0.1) is 0 Å². The van der Waals surface area contributed by atoms with E-state index in [0.29, 0.717) is 19.0 Å². The molecule has 4 heterocycles. The highest BCUT2D eigenvalue weighted by molar-refractivity contribution is 5.76. The maximum Gasteiger partial charge on any atom is 0.229 e. The maximum atomic E-state index is 12.0. The largest absolute Gasteiger partial charge is 0.495 e. The van der Waals surface area contributed by atoms with Gasteiger partial charge < -0.3 is 20.1 Å². The molecule has 2 aliphatic rings. The molecule has 2 N–H and O–H groups in total. The summed E-state index contributed by atoms with van der Waals surface area (Å²) in [4.78, 5) is 25.4. The molecule has 0 saturated carbocycles. The molecule has 1 fully saturated rings. The molecule has 10 nitrogen and oxygen atoms in total. The van der Waals surface area contributed by atoms with Crippen molar-refractivity contribution in [3.05, 3.63) is 35.7 Å². The summed E-state index contributed by atoms with van der Waals surface area (Å²) in [5, 5.41) is 18.5. The zero-order valence-electron chi connectivity index (χ0n) is 20.6. The van der Waals surface area contributed by atoms with Gasteiger partial charge in [-0.25, -0.2) is 9.67 Å². The third-order valence-electron chi connectivity index (χ3n) is 6.92. The van der Waals surface area contributed by atoms with Crippen LogP contribution in [0.1, 0.15) is 37.8 Å². The molecule has 1 unspecified atom stereocenters. The molecule has 35 heavy (non-hydrogen) atoms. The standard InChI is InChI=1S/C25H33N7O3/c1-16(33)13-30-8-6-18-10-23(35-3)22(9-19(18)14-30)28-25-26-11-20-12-27-32(24(20)29-25)15-21-5-4-7-31(21)17(2)34/h9-12,16,21,33H,4-8,13-15H2,1-3H3,(H,26,28,29)/t16?,21-/m0/s1. The number of β-amino-alcohol motifs (C(OH)–C–C–N with tert-alkyl or cyclic N) is 1. The molecule has 1 saturated heterocycles. The first-order chi connectivity index (χ1) is 16.9. The predicted octanol–water partition coefficient (Wildman–Crippen LogP) is 2.33. The minimum absolute atomic E-state index is 0.104. The summed E-state index contributed by atoms with van der Waals surface area (Å²) in [6.07, 6.45) is 6.07. The lowest BCUT2D eigenvalue weighted by Gasteiger charge is -2.30. The number of hydrogen-bond donors (Lipinski definition) is 2. The predicted molar refractivity (Wildman–Crippen MR) is 133 cm³/mol. The van der Waals surface area contributed by atoms with Crippen molar-refractivity contribution >= 4 is 28.6 Å². The maximum absolute atomic E-state index is 12.0. The van der Waals surface area contributed by atoms with Gasteiger partial charge in [-0.1, -0.05) is 0 Å². The van der Waals surface area contributed by atoms with Crippen molar-refractivity contribution in [1.82, 2.24) is 29.5 Å². The van der Waals surface area contributed by atoms with Crippen LogP contribution in [-0.2, 0) is 24.3 Å². The SMILES string of the molecule is COc1cc2c(cc1Nc1ncc3cnn(C[C@@H]4CCCN4C(C)=O)c3n1)CN(CC(C)O)CC2. The van der Waals surface area contributed by atoms with Crippen molar-refractivity contribution in [3.63, 3.8) is 0 Å². The first-order valence-corrected chi connectivity index (χ1v) is 12.2. The highest BCUT2D eigenvalue weighted by Gasteiger charge is 2.27. The number of methoxy groups -OCH3 is 1. The zero-order valence-corrected chi connectivity index (χ0v) is 20.6. The molecule has 5 rings (SSSR count). The van der Waals surface area contributed by atoms with Gasteiger partial charge in [-0.2, -0.15) is 10.1 Å². The summed E-state index contributed by atoms with van der Waals surface area (Å²) in [6, 6.07) is 4.31. The van der Waals surface area contributed by atoms with E-state index in [1.165, 1.54) is 11.1 Å². The Morgan fingerprint density at radius 2 is 2.14 bits per heavy atom. The summed E-state index contributed by atoms with van der Waals surface area (Å²) in [5.74, 6) is 1.31. The van der Waals surface area contributed by atoms with Crippen molar-refractivity contribution in [3.8, 4) is 5.75 Å². The number of likely N-dealkylation sites (tertiary alicyclic amines) is 1. The number of aromatic nitrogens is 4. The average Bonchev–Trinajstić information content (AvgIpc) is 3.45. The lowest BCUT2D eigenvalue weighted by atomic mass is 9.98. The molecule has 0 radical (unpaired) electrons. The van der Waals surface area contributed by atoms with E-state index in [0.717, 1.165) is 61.4 Å². The van der Waals surface area contributed by atoms with Gasteiger partial charge in [0.05, 0.1) is 43.1 Å². The molecule has 0 spiro atoms. The first-order valence-electron chi connectivity index (χ1n) is 12.2. The fourth-order valence-electron chi connectivity index (χ4n) is 5.26. The molecule has 1 amide bonds. The second kappa shape index (κ2) is 9.79. The van der Waals surface area contributed by atoms with Gasteiger partial charge in [0.2, 0.25) is 11.9 Å². The number of carbonyl (C=O) groups excluding carboxylic acids is 1. The number of ether oxygens (including phenoxy) is 1. The molecule has 186 valence electrons. The quantitative estimate of drug-likeness (QED) is 0.532. The van der Waals surface area contributed by atoms with Crippen molar-refractivity contribution in [1.29, 1.82) is 0 Å². The average molecular weight is 480 g/mol. The van der Waals surface area contributed by atoms with E-state index < -0.39 is 0 Å². The van der Waals surface area contributed by atoms with Crippen LogP contribution < -0.4 is 10.1 Å². The minimum Gasteiger partial charge on any atom is -0.495 e. The summed E-state index contributed by atoms with van der Waals surface area (Å²) in [7, 11) is 1.66. The topological polar surface area (TPSA) is 109 Å². The number of aliphatic hydroxyl groups is 1. The molecule has 2 aromatic heterocycles. The van der Waals surface area contributed by atoms with Gasteiger partial charge in [0.1, 0.15) is 5.75 Å². The number of aliphatic hydroxyl groups excluding tert-OH is 1. The van der Waals surface area contributed by atoms with Crippen LogP contribution in [0.25, 0.3) is 11.0 Å². The van der Waals surface area contributed by atoms with Gasteiger partial charge in [0.25, 0.3) is 0 Å². The first kappa shape index (κ1) is 23.5. The van der Waals surface area contributed by atoms with Crippen molar-refractivity contribution < 1.29 is 14.6 Å². The number of benzene rings is 1. The Bertz CT molecular complexity index is 1230. The second-order valence-electron chi connectivity index (χ2n) is 9.59. The molecule has 10 heteroatoms. The van der Waals surface area contributed by atoms with Crippen LogP contribution in [0.2, 0.25) is 0 Å². The third kappa shape index (κ3) is 4.94. The molecular weight excluding hydrogens is 446 g/mol. The highest BCUT2D eigenvalue weighted by atomic mass is 16.5. The van der Waals surface area contributed by atoms with Gasteiger partial charge in [0.15, 0.2) is 5.65 Å². The van der Waals surface area contributed by atoms with Crippen LogP contribution in [-0.4, -0.2) is 79.5 Å². The number of amides is 1. The fourth-order valence-corrected chi connectivity index (χ4v) is 5.26. The number of fused-ring (bicyclic) bond motifs is 2. The van der Waals surface area contributed by atoms with E-state index in [1.54, 1.807) is 26.4 Å². The van der Waals surface area contributed by atoms with Crippen LogP contribution >= 0.6 is 0 Å². The second-order valence-corrected chi connectivity index (χ2v) is 9.59. The van der Waals surface area contributed by atoms with E-state index in [9.17, 15) is 9.90 Å². The monoisotopic (exact) mass is 479 g/mol. The number of nitrogens with one attached hydrogen (secondary N) is 1. The minimum atomic E-state index is -0.357. The van der Waals surface area contributed by atoms with E-state index in [4.69, 9.17) is 9.72 Å². The summed E-state index contributed by atoms with van der Waals surface area (Å²) >= 11 is 0. The van der Waals surface area contributed by atoms with Gasteiger partial charge >= 0.3 is 0 Å². The Hall–Kier alpha value is -3.24. The Balaban J connectivity index is 1.39. The van der Waals surface area contributed by atoms with E-state index in [-0.39, 0.29) is 18.1 Å². The normalized spacial score (nSPS) is 19.1. The van der Waals surface area contributed by atoms with Crippen LogP contribution in [0.3, 0.4) is 0 Å². The number of carbonyl (C=O) groups is 1. The zero-order chi connectivity index (χ0) is 24.5. The lowest BCUT2D eigenvalue weighted by Crippen LogP contribution is -2.36. The van der Waals surface area contributed by atoms with Crippen molar-refractivity contribution in [2.24, 2.45) is 0 Å². The molecule has 1 aromatic carbocycles. The number of rotatable bonds is 7. The van der Waals surface area contributed by atoms with E-state index in [2.05, 4.69) is 32.4 Å². The molecular formula is C25H33N7O3. The van der Waals surface area contributed by atoms with Crippen molar-refractivity contribution in [2.75, 3.05) is 32.1 Å². The van der Waals surface area contributed by atoms with E-state index in [1.807, 2.05) is 16.5 Å². The van der Waals surface area contributed by atoms with Crippen LogP contribution in [0.5, 0.6) is 5.75 Å². The molecule has 0 aliphatic carbocycles. The molecule has 0 bridgehead atoms.